The number of hydrogen-bond donors (Lipinski definition) is 3. The third-order valence-corrected chi connectivity index (χ3v) is 10.4. The normalized spacial score (nSPS) is 21.1. The zero-order valence-electron chi connectivity index (χ0n) is 33.2. The Morgan fingerprint density at radius 3 is 1.37 bits per heavy atom. The summed E-state index contributed by atoms with van der Waals surface area (Å²) in [5, 5.41) is 30.5. The molecule has 1 aliphatic heterocycles. The second kappa shape index (κ2) is 33.3. The Morgan fingerprint density at radius 1 is 0.569 bits per heavy atom. The molecule has 3 N–H and O–H groups in total. The molecule has 0 spiro atoms. The topological polar surface area (TPSA) is 132 Å². The van der Waals surface area contributed by atoms with E-state index in [2.05, 4.69) is 13.8 Å². The number of carbonyl (C=O) groups is 2. The zero-order valence-corrected chi connectivity index (χ0v) is 33.2. The van der Waals surface area contributed by atoms with E-state index >= 15 is 0 Å². The molecule has 9 nitrogen and oxygen atoms in total. The van der Waals surface area contributed by atoms with E-state index in [4.69, 9.17) is 18.9 Å². The second-order valence-corrected chi connectivity index (χ2v) is 15.2. The van der Waals surface area contributed by atoms with Crippen molar-refractivity contribution < 1.29 is 43.9 Å². The molecule has 0 amide bonds. The molecule has 6 atom stereocenters. The monoisotopic (exact) mass is 729 g/mol. The molecule has 302 valence electrons. The maximum atomic E-state index is 12.7. The van der Waals surface area contributed by atoms with Gasteiger partial charge in [-0.3, -0.25) is 9.59 Å². The van der Waals surface area contributed by atoms with Crippen molar-refractivity contribution in [2.24, 2.45) is 5.92 Å². The fraction of sp³-hybridized carbons (Fsp3) is 0.952. The zero-order chi connectivity index (χ0) is 37.4. The number of aliphatic hydroxyl groups is 3. The molecule has 0 radical (unpaired) electrons. The number of rotatable bonds is 35. The highest BCUT2D eigenvalue weighted by molar-refractivity contribution is 5.70. The first-order valence-corrected chi connectivity index (χ1v) is 21.4. The van der Waals surface area contributed by atoms with Crippen LogP contribution in [0.1, 0.15) is 201 Å². The smallest absolute Gasteiger partial charge is 0.306 e. The molecule has 0 saturated carbocycles. The number of esters is 2. The van der Waals surface area contributed by atoms with Crippen molar-refractivity contribution in [1.29, 1.82) is 0 Å². The quantitative estimate of drug-likeness (QED) is 0.0431. The summed E-state index contributed by atoms with van der Waals surface area (Å²) in [7, 11) is 0. The summed E-state index contributed by atoms with van der Waals surface area (Å²) in [6.45, 7) is 5.51. The van der Waals surface area contributed by atoms with Crippen LogP contribution < -0.4 is 0 Å². The van der Waals surface area contributed by atoms with E-state index in [1.165, 1.54) is 128 Å². The summed E-state index contributed by atoms with van der Waals surface area (Å²) in [4.78, 5) is 25.3. The van der Waals surface area contributed by atoms with Crippen molar-refractivity contribution in [3.05, 3.63) is 0 Å². The van der Waals surface area contributed by atoms with E-state index in [9.17, 15) is 24.9 Å². The fourth-order valence-corrected chi connectivity index (χ4v) is 6.81. The summed E-state index contributed by atoms with van der Waals surface area (Å²) in [5.74, 6) is -1.20. The number of aliphatic hydroxyl groups excluding tert-OH is 3. The van der Waals surface area contributed by atoms with Crippen LogP contribution in [0.2, 0.25) is 0 Å². The first-order chi connectivity index (χ1) is 24.8. The third kappa shape index (κ3) is 25.4. The highest BCUT2D eigenvalue weighted by Crippen LogP contribution is 2.27. The minimum Gasteiger partial charge on any atom is -0.462 e. The molecule has 1 heterocycles. The lowest BCUT2D eigenvalue weighted by Crippen LogP contribution is -2.55. The van der Waals surface area contributed by atoms with Gasteiger partial charge < -0.3 is 34.3 Å². The lowest BCUT2D eigenvalue weighted by atomic mass is 9.91. The minimum atomic E-state index is -1.33. The van der Waals surface area contributed by atoms with Gasteiger partial charge in [-0.05, 0) is 12.8 Å². The highest BCUT2D eigenvalue weighted by Gasteiger charge is 2.42. The van der Waals surface area contributed by atoms with Crippen LogP contribution in [-0.2, 0) is 28.5 Å². The summed E-state index contributed by atoms with van der Waals surface area (Å²) < 4.78 is 22.6. The Morgan fingerprint density at radius 2 is 0.961 bits per heavy atom. The average molecular weight is 729 g/mol. The summed E-state index contributed by atoms with van der Waals surface area (Å²) in [5.41, 5.74) is 0. The number of hydrogen-bond acceptors (Lipinski definition) is 9. The van der Waals surface area contributed by atoms with E-state index < -0.39 is 36.6 Å². The molecule has 0 aromatic carbocycles. The first-order valence-electron chi connectivity index (χ1n) is 21.4. The standard InChI is InChI=1S/C42H80O9/c1-4-6-8-10-12-14-16-18-20-22-24-26-28-30-38(44)48-33-36(34-49-42-41(47)40(46)35(3)37(32-43)51-42)50-39(45)31-29-27-25-23-21-19-17-15-13-11-9-7-5-2/h35-37,40-43,46-47H,4-34H2,1-3H3. The van der Waals surface area contributed by atoms with Crippen molar-refractivity contribution in [3.63, 3.8) is 0 Å². The Bertz CT molecular complexity index is 807. The molecule has 1 aliphatic rings. The van der Waals surface area contributed by atoms with Crippen LogP contribution in [0.3, 0.4) is 0 Å². The van der Waals surface area contributed by atoms with Crippen molar-refractivity contribution >= 4 is 11.9 Å². The molecular weight excluding hydrogens is 648 g/mol. The van der Waals surface area contributed by atoms with E-state index in [0.29, 0.717) is 6.42 Å². The SMILES string of the molecule is CCCCCCCCCCCCCCCC(=O)OCC(COC1OC(CO)C(C)C(O)C1O)OC(=O)CCCCCCCCCCCCCCC. The average Bonchev–Trinajstić information content (AvgIpc) is 3.13. The number of carbonyl (C=O) groups excluding carboxylic acids is 2. The summed E-state index contributed by atoms with van der Waals surface area (Å²) in [6, 6.07) is 0. The summed E-state index contributed by atoms with van der Waals surface area (Å²) in [6.07, 6.45) is 27.2. The maximum Gasteiger partial charge on any atom is 0.306 e. The van der Waals surface area contributed by atoms with E-state index in [0.717, 1.165) is 38.5 Å². The van der Waals surface area contributed by atoms with E-state index in [1.807, 2.05) is 0 Å². The van der Waals surface area contributed by atoms with Crippen molar-refractivity contribution in [1.82, 2.24) is 0 Å². The molecular formula is C42H80O9. The van der Waals surface area contributed by atoms with Crippen LogP contribution in [0.15, 0.2) is 0 Å². The molecule has 1 saturated heterocycles. The largest absolute Gasteiger partial charge is 0.462 e. The van der Waals surface area contributed by atoms with E-state index in [1.54, 1.807) is 6.92 Å². The van der Waals surface area contributed by atoms with Gasteiger partial charge in [0.1, 0.15) is 12.7 Å². The van der Waals surface area contributed by atoms with Crippen LogP contribution in [0.4, 0.5) is 0 Å². The Labute approximate surface area is 312 Å². The van der Waals surface area contributed by atoms with Crippen molar-refractivity contribution in [2.75, 3.05) is 19.8 Å². The first kappa shape index (κ1) is 47.8. The number of unbranched alkanes of at least 4 members (excludes halogenated alkanes) is 24. The molecule has 1 fully saturated rings. The molecule has 51 heavy (non-hydrogen) atoms. The molecule has 0 aromatic heterocycles. The van der Waals surface area contributed by atoms with Crippen molar-refractivity contribution in [3.8, 4) is 0 Å². The van der Waals surface area contributed by atoms with Gasteiger partial charge >= 0.3 is 11.9 Å². The van der Waals surface area contributed by atoms with E-state index in [-0.39, 0.29) is 38.2 Å². The lowest BCUT2D eigenvalue weighted by molar-refractivity contribution is -0.293. The Hall–Kier alpha value is -1.26. The van der Waals surface area contributed by atoms with Crippen LogP contribution in [0.5, 0.6) is 0 Å². The number of ether oxygens (including phenoxy) is 4. The lowest BCUT2D eigenvalue weighted by Gasteiger charge is -2.40. The van der Waals surface area contributed by atoms with Gasteiger partial charge in [-0.25, -0.2) is 0 Å². The maximum absolute atomic E-state index is 12.7. The van der Waals surface area contributed by atoms with Gasteiger partial charge in [0, 0.05) is 18.8 Å². The van der Waals surface area contributed by atoms with Gasteiger partial charge in [-0.1, -0.05) is 175 Å². The van der Waals surface area contributed by atoms with Crippen LogP contribution in [-0.4, -0.2) is 77.8 Å². The van der Waals surface area contributed by atoms with Crippen LogP contribution in [0.25, 0.3) is 0 Å². The van der Waals surface area contributed by atoms with Gasteiger partial charge in [-0.2, -0.15) is 0 Å². The van der Waals surface area contributed by atoms with Gasteiger partial charge in [0.25, 0.3) is 0 Å². The fourth-order valence-electron chi connectivity index (χ4n) is 6.81. The summed E-state index contributed by atoms with van der Waals surface area (Å²) >= 11 is 0. The molecule has 6 unspecified atom stereocenters. The molecule has 0 aromatic rings. The molecule has 0 aliphatic carbocycles. The van der Waals surface area contributed by atoms with Gasteiger partial charge in [-0.15, -0.1) is 0 Å². The predicted octanol–water partition coefficient (Wildman–Crippen LogP) is 9.50. The van der Waals surface area contributed by atoms with Crippen molar-refractivity contribution in [2.45, 2.75) is 231 Å². The molecule has 1 rings (SSSR count). The third-order valence-electron chi connectivity index (χ3n) is 10.4. The van der Waals surface area contributed by atoms with Gasteiger partial charge in [0.15, 0.2) is 12.4 Å². The molecule has 0 bridgehead atoms. The second-order valence-electron chi connectivity index (χ2n) is 15.2. The minimum absolute atomic E-state index is 0.160. The highest BCUT2D eigenvalue weighted by atomic mass is 16.7. The predicted molar refractivity (Wildman–Crippen MR) is 204 cm³/mol. The molecule has 9 heteroatoms. The van der Waals surface area contributed by atoms with Crippen LogP contribution in [0, 0.1) is 5.92 Å². The van der Waals surface area contributed by atoms with Crippen LogP contribution >= 0.6 is 0 Å². The Kier molecular flexibility index (Phi) is 31.2. The van der Waals surface area contributed by atoms with Gasteiger partial charge in [0.05, 0.1) is 25.4 Å². The van der Waals surface area contributed by atoms with Gasteiger partial charge in [0.2, 0.25) is 0 Å². The Balaban J connectivity index is 2.35.